The molecule has 0 spiro atoms. The molecule has 0 amide bonds. The van der Waals surface area contributed by atoms with Gasteiger partial charge in [0, 0.05) is 12.5 Å². The van der Waals surface area contributed by atoms with E-state index in [1.807, 2.05) is 78.3 Å². The number of ketones is 1. The Kier molecular flexibility index (Phi) is 226. The van der Waals surface area contributed by atoms with Crippen molar-refractivity contribution in [3.63, 3.8) is 0 Å². The molecule has 0 aromatic carbocycles. The van der Waals surface area contributed by atoms with E-state index in [-0.39, 0.29) is 73.5 Å². The van der Waals surface area contributed by atoms with Crippen molar-refractivity contribution in [2.45, 2.75) is 190 Å². The first-order valence-corrected chi connectivity index (χ1v) is 32.9. The number of hydrogen-bond donors (Lipinski definition) is 2. The zero-order valence-electron chi connectivity index (χ0n) is 28.9. The molecule has 0 atom stereocenters. The first kappa shape index (κ1) is 98.6. The van der Waals surface area contributed by atoms with E-state index in [2.05, 4.69) is 111 Å². The predicted molar refractivity (Wildman–Crippen MR) is 288 cm³/mol. The predicted octanol–water partition coefficient (Wildman–Crippen LogP) is 18.5. The van der Waals surface area contributed by atoms with Crippen molar-refractivity contribution in [2.24, 2.45) is 5.73 Å². The van der Waals surface area contributed by atoms with Crippen molar-refractivity contribution >= 4 is 141 Å². The van der Waals surface area contributed by atoms with Crippen LogP contribution in [0.2, 0.25) is 0 Å². The van der Waals surface area contributed by atoms with E-state index in [4.69, 9.17) is 5.11 Å². The van der Waals surface area contributed by atoms with Gasteiger partial charge >= 0.3 is 70.8 Å². The number of carbonyl (C=O) groups is 2. The van der Waals surface area contributed by atoms with Crippen molar-refractivity contribution < 1.29 is 19.6 Å². The molecule has 0 aliphatic heterocycles. The fourth-order valence-corrected chi connectivity index (χ4v) is 3.16. The van der Waals surface area contributed by atoms with Gasteiger partial charge in [0.25, 0.3) is 0 Å². The van der Waals surface area contributed by atoms with Crippen LogP contribution in [-0.4, -0.2) is 33.8 Å². The molecular weight excluding hydrogens is 1320 g/mol. The Balaban J connectivity index is -0.0000000216. The molecule has 0 radical (unpaired) electrons. The van der Waals surface area contributed by atoms with E-state index < -0.39 is 5.97 Å². The van der Waals surface area contributed by atoms with Gasteiger partial charge in [-0.3, -0.25) is 4.79 Å². The van der Waals surface area contributed by atoms with Gasteiger partial charge in [0.1, 0.15) is 0 Å². The zero-order valence-corrected chi connectivity index (χ0v) is 43.4. The van der Waals surface area contributed by atoms with Gasteiger partial charge in [0.05, 0.1) is 0 Å². The second-order valence-electron chi connectivity index (χ2n) is 6.78. The quantitative estimate of drug-likeness (QED) is 0.128. The number of allylic oxidation sites excluding steroid dienone is 3. The van der Waals surface area contributed by atoms with Crippen LogP contribution in [-0.2, 0) is 14.5 Å². The summed E-state index contributed by atoms with van der Waals surface area (Å²) in [6.45, 7) is 17.9. The number of carbonyl (C=O) groups excluding carboxylic acids is 1. The fraction of sp³-hybridized carbons (Fsp3) is 0.838. The van der Waals surface area contributed by atoms with Crippen LogP contribution >= 0.6 is 129 Å². The molecule has 310 valence electrons. The summed E-state index contributed by atoms with van der Waals surface area (Å²) in [4.78, 5) is 25.1. The number of carboxylic acids is 1. The number of hydrogen-bond acceptors (Lipinski definition) is 3. The van der Waals surface area contributed by atoms with E-state index in [1.165, 1.54) is 70.1 Å². The summed E-state index contributed by atoms with van der Waals surface area (Å²) in [6, 6.07) is 0. The summed E-state index contributed by atoms with van der Waals surface area (Å²) in [6.07, 6.45) is 18.3. The number of alkyl halides is 2. The molecule has 4 nitrogen and oxygen atoms in total. The van der Waals surface area contributed by atoms with Crippen LogP contribution in [0.25, 0.3) is 0 Å². The molecule has 0 saturated heterocycles. The Hall–Kier alpha value is 3.54. The molecule has 11 heteroatoms. The number of aliphatic carboxylic acids is 1. The van der Waals surface area contributed by atoms with Gasteiger partial charge in [-0.25, -0.2) is 4.79 Å². The van der Waals surface area contributed by atoms with Gasteiger partial charge in [0.15, 0.2) is 5.78 Å². The Morgan fingerprint density at radius 2 is 0.771 bits per heavy atom. The van der Waals surface area contributed by atoms with Crippen LogP contribution in [0.4, 0.5) is 0 Å². The molecule has 2 aliphatic carbocycles. The molecule has 3 N–H and O–H groups in total. The standard InChI is InChI=1S/C11H18O.C9H14O2.4C2H6.2CH3I.CH5N.6CH4.4HI.V/c1-2-11(12)9-10-7-5-3-4-6-8-10;10-9(11)7-8-5-3-1-2-4-6-8;7*1-2;;;;;;;;;;;/h9H,2-8H2,1H3;7H,1-6H2,(H,10,11);4*1-2H3;2*1H3;2H2,1H3;6*1H4;4*1H;/q;;;;;;;;;;;;;;;;;;;+3/p-3. The van der Waals surface area contributed by atoms with Crippen LogP contribution in [0.3, 0.4) is 0 Å². The molecule has 0 aromatic rings. The fourth-order valence-electron chi connectivity index (χ4n) is 3.16. The molecule has 2 aliphatic rings. The molecule has 2 rings (SSSR count). The van der Waals surface area contributed by atoms with E-state index in [0.717, 1.165) is 31.3 Å². The van der Waals surface area contributed by atoms with Gasteiger partial charge in [-0.05, 0) is 74.4 Å². The number of halogens is 6. The van der Waals surface area contributed by atoms with Crippen molar-refractivity contribution in [3.8, 4) is 0 Å². The van der Waals surface area contributed by atoms with E-state index >= 15 is 0 Å². The third kappa shape index (κ3) is 117. The van der Waals surface area contributed by atoms with Crippen LogP contribution in [0, 0.1) is 0 Å². The Labute approximate surface area is 391 Å². The van der Waals surface area contributed by atoms with Gasteiger partial charge in [-0.2, -0.15) is 0 Å². The average Bonchev–Trinajstić information content (AvgIpc) is 3.45. The normalized spacial score (nSPS) is 10.6. The average molecular weight is 1410 g/mol. The van der Waals surface area contributed by atoms with Crippen LogP contribution in [0.15, 0.2) is 23.3 Å². The summed E-state index contributed by atoms with van der Waals surface area (Å²) >= 11 is 11.7. The zero-order chi connectivity index (χ0) is 34.5. The summed E-state index contributed by atoms with van der Waals surface area (Å²) in [7, 11) is 1.50. The van der Waals surface area contributed by atoms with Crippen molar-refractivity contribution in [1.82, 2.24) is 0 Å². The Morgan fingerprint density at radius 1 is 0.583 bits per heavy atom. The van der Waals surface area contributed by atoms with Crippen LogP contribution in [0.1, 0.15) is 190 Å². The first-order valence-electron chi connectivity index (χ1n) is 15.1. The topological polar surface area (TPSA) is 80.4 Å². The van der Waals surface area contributed by atoms with Crippen LogP contribution in [0.5, 0.6) is 0 Å². The molecule has 0 bridgehead atoms. The molecule has 0 unspecified atom stereocenters. The van der Waals surface area contributed by atoms with Crippen molar-refractivity contribution in [2.75, 3.05) is 16.9 Å². The Morgan fingerprint density at radius 3 is 0.938 bits per heavy atom. The third-order valence-corrected chi connectivity index (χ3v) is 4.53. The van der Waals surface area contributed by atoms with Gasteiger partial charge in [0.2, 0.25) is 0 Å². The second kappa shape index (κ2) is 110. The van der Waals surface area contributed by atoms with E-state index in [1.54, 1.807) is 0 Å². The maximum absolute atomic E-state index is 11.1. The van der Waals surface area contributed by atoms with E-state index in [9.17, 15) is 9.59 Å². The van der Waals surface area contributed by atoms with E-state index in [0.29, 0.717) is 12.2 Å². The summed E-state index contributed by atoms with van der Waals surface area (Å²) in [5.74, 6) is -0.492. The van der Waals surface area contributed by atoms with Gasteiger partial charge in [-0.15, -0.1) is 24.0 Å². The monoisotopic (exact) mass is 1410 g/mol. The second-order valence-corrected chi connectivity index (χ2v) is 42.2. The number of carboxylic acid groups (broad SMARTS) is 1. The molecular formula is C37H92I6NO3V. The van der Waals surface area contributed by atoms with Crippen molar-refractivity contribution in [1.29, 1.82) is 0 Å². The third-order valence-electron chi connectivity index (χ3n) is 4.53. The molecule has 2 saturated carbocycles. The Bertz CT molecular complexity index is 491. The summed E-state index contributed by atoms with van der Waals surface area (Å²) in [5, 5.41) is 8.48. The van der Waals surface area contributed by atoms with Gasteiger partial charge < -0.3 is 10.8 Å². The molecule has 2 fully saturated rings. The first-order chi connectivity index (χ1) is 19.8. The summed E-state index contributed by atoms with van der Waals surface area (Å²) in [5.41, 5.74) is 7.01. The van der Waals surface area contributed by atoms with Crippen LogP contribution < -0.4 is 5.73 Å². The molecule has 48 heavy (non-hydrogen) atoms. The number of nitrogens with two attached hydrogens (primary N) is 1. The minimum atomic E-state index is -0.790. The molecule has 0 aromatic heterocycles. The molecule has 0 heterocycles. The number of rotatable bonds is 3. The minimum absolute atomic E-state index is 0. The summed E-state index contributed by atoms with van der Waals surface area (Å²) < 4.78 is 0. The SMILES string of the molecule is C.C.C.C.C.C.CC.CC.CC.CC.CCC(=O)C=C1CCCCCC1.CI.CI.CN.I.O=C(O)C=C1CCCCCC1.[I][V]([I])[I]. The van der Waals surface area contributed by atoms with Gasteiger partial charge in [-0.1, -0.05) is 189 Å². The van der Waals surface area contributed by atoms with Crippen molar-refractivity contribution in [3.05, 3.63) is 23.3 Å². The maximum atomic E-state index is 11.1.